The molecular weight excluding hydrogens is 356 g/mol. The second kappa shape index (κ2) is 11.2. The highest BCUT2D eigenvalue weighted by atomic mass is 16.4. The summed E-state index contributed by atoms with van der Waals surface area (Å²) in [5.74, 6) is 5.53. The zero-order valence-corrected chi connectivity index (χ0v) is 16.6. The Bertz CT molecular complexity index is 650. The van der Waals surface area contributed by atoms with Gasteiger partial charge >= 0.3 is 5.97 Å². The monoisotopic (exact) mass is 388 g/mol. The van der Waals surface area contributed by atoms with Crippen LogP contribution in [0.5, 0.6) is 0 Å². The van der Waals surface area contributed by atoms with Crippen LogP contribution in [0.1, 0.15) is 58.3 Å². The van der Waals surface area contributed by atoms with E-state index in [1.807, 2.05) is 6.92 Å². The molecule has 0 aromatic rings. The molecule has 0 aliphatic heterocycles. The fraction of sp³-hybridized carbons (Fsp3) is 0.652. The quantitative estimate of drug-likeness (QED) is 0.231. The van der Waals surface area contributed by atoms with Crippen LogP contribution in [0.15, 0.2) is 24.3 Å². The van der Waals surface area contributed by atoms with E-state index in [9.17, 15) is 19.8 Å². The van der Waals surface area contributed by atoms with Gasteiger partial charge in [0.1, 0.15) is 5.78 Å². The SMILES string of the molecule is C[C@@H](CC#CC1CC1)[C@H](O)/C=C/[C@H]1[C@H](O)CC(=O)[C@@H]1CCCC/C=C/C(=O)O. The van der Waals surface area contributed by atoms with Gasteiger partial charge in [-0.3, -0.25) is 4.79 Å². The van der Waals surface area contributed by atoms with Gasteiger partial charge < -0.3 is 15.3 Å². The Morgan fingerprint density at radius 3 is 2.75 bits per heavy atom. The lowest BCUT2D eigenvalue weighted by atomic mass is 9.88. The van der Waals surface area contributed by atoms with Gasteiger partial charge in [-0.05, 0) is 38.0 Å². The van der Waals surface area contributed by atoms with Crippen molar-refractivity contribution < 1.29 is 24.9 Å². The van der Waals surface area contributed by atoms with Gasteiger partial charge in [-0.1, -0.05) is 37.5 Å². The molecule has 0 radical (unpaired) electrons. The van der Waals surface area contributed by atoms with Crippen LogP contribution < -0.4 is 0 Å². The standard InChI is InChI=1S/C23H32O5/c1-16(7-6-8-17-11-12-17)20(24)14-13-19-18(21(25)15-22(19)26)9-4-2-3-5-10-23(27)28/h5,10,13-14,16-20,22,24,26H,2-4,7,9,11-12,15H2,1H3,(H,27,28)/b10-5+,14-13+/t16-,18+,19+,20+,22+/m0/s1. The van der Waals surface area contributed by atoms with Crippen LogP contribution in [-0.4, -0.2) is 39.3 Å². The van der Waals surface area contributed by atoms with Crippen LogP contribution in [-0.2, 0) is 9.59 Å². The lowest BCUT2D eigenvalue weighted by Crippen LogP contribution is -2.20. The van der Waals surface area contributed by atoms with Crippen molar-refractivity contribution in [3.05, 3.63) is 24.3 Å². The maximum atomic E-state index is 12.2. The number of aliphatic hydroxyl groups excluding tert-OH is 2. The van der Waals surface area contributed by atoms with Crippen molar-refractivity contribution in [1.82, 2.24) is 0 Å². The summed E-state index contributed by atoms with van der Waals surface area (Å²) in [7, 11) is 0. The topological polar surface area (TPSA) is 94.8 Å². The second-order valence-electron chi connectivity index (χ2n) is 8.10. The number of carbonyl (C=O) groups excluding carboxylic acids is 1. The number of Topliss-reactive ketones (excluding diaryl/α,β-unsaturated/α-hetero) is 1. The summed E-state index contributed by atoms with van der Waals surface area (Å²) in [6, 6.07) is 0. The van der Waals surface area contributed by atoms with Crippen LogP contribution >= 0.6 is 0 Å². The number of rotatable bonds is 10. The van der Waals surface area contributed by atoms with E-state index in [-0.39, 0.29) is 30.0 Å². The van der Waals surface area contributed by atoms with Crippen LogP contribution in [0.2, 0.25) is 0 Å². The first kappa shape index (κ1) is 22.4. The minimum absolute atomic E-state index is 0.0104. The van der Waals surface area contributed by atoms with E-state index in [1.54, 1.807) is 18.2 Å². The van der Waals surface area contributed by atoms with E-state index in [0.29, 0.717) is 25.2 Å². The number of hydrogen-bond donors (Lipinski definition) is 3. The number of aliphatic hydroxyl groups is 2. The van der Waals surface area contributed by atoms with Crippen LogP contribution in [0.3, 0.4) is 0 Å². The number of carboxylic acids is 1. The van der Waals surface area contributed by atoms with Crippen LogP contribution in [0.25, 0.3) is 0 Å². The van der Waals surface area contributed by atoms with Gasteiger partial charge in [0.05, 0.1) is 12.2 Å². The predicted molar refractivity (Wildman–Crippen MR) is 107 cm³/mol. The molecule has 154 valence electrons. The van der Waals surface area contributed by atoms with E-state index < -0.39 is 18.2 Å². The van der Waals surface area contributed by atoms with Crippen LogP contribution in [0.4, 0.5) is 0 Å². The molecule has 0 heterocycles. The highest BCUT2D eigenvalue weighted by Gasteiger charge is 2.39. The molecule has 0 aromatic heterocycles. The number of carboxylic acid groups (broad SMARTS) is 1. The second-order valence-corrected chi connectivity index (χ2v) is 8.10. The zero-order valence-electron chi connectivity index (χ0n) is 16.6. The fourth-order valence-corrected chi connectivity index (χ4v) is 3.55. The molecule has 28 heavy (non-hydrogen) atoms. The summed E-state index contributed by atoms with van der Waals surface area (Å²) in [6.07, 6.45) is 11.0. The van der Waals surface area contributed by atoms with Gasteiger partial charge in [-0.25, -0.2) is 4.79 Å². The Labute approximate surface area is 167 Å². The number of hydrogen-bond acceptors (Lipinski definition) is 4. The third-order valence-corrected chi connectivity index (χ3v) is 5.55. The molecule has 5 nitrogen and oxygen atoms in total. The van der Waals surface area contributed by atoms with Crippen molar-refractivity contribution in [2.75, 3.05) is 0 Å². The molecule has 2 aliphatic carbocycles. The molecule has 0 saturated heterocycles. The number of ketones is 1. The molecule has 2 aliphatic rings. The molecule has 0 unspecified atom stereocenters. The Kier molecular flexibility index (Phi) is 8.95. The molecule has 5 heteroatoms. The summed E-state index contributed by atoms with van der Waals surface area (Å²) >= 11 is 0. The van der Waals surface area contributed by atoms with E-state index in [0.717, 1.165) is 18.9 Å². The summed E-state index contributed by atoms with van der Waals surface area (Å²) in [6.45, 7) is 1.95. The number of unbranched alkanes of at least 4 members (excludes halogenated alkanes) is 2. The van der Waals surface area contributed by atoms with Crippen molar-refractivity contribution in [3.8, 4) is 11.8 Å². The maximum absolute atomic E-state index is 12.2. The van der Waals surface area contributed by atoms with Gasteiger partial charge in [0.2, 0.25) is 0 Å². The summed E-state index contributed by atoms with van der Waals surface area (Å²) in [4.78, 5) is 22.7. The fourth-order valence-electron chi connectivity index (χ4n) is 3.55. The highest BCUT2D eigenvalue weighted by molar-refractivity contribution is 5.84. The van der Waals surface area contributed by atoms with Crippen molar-refractivity contribution >= 4 is 11.8 Å². The van der Waals surface area contributed by atoms with Gasteiger partial charge in [0.15, 0.2) is 0 Å². The van der Waals surface area contributed by atoms with E-state index in [4.69, 9.17) is 5.11 Å². The van der Waals surface area contributed by atoms with E-state index in [2.05, 4.69) is 11.8 Å². The average molecular weight is 389 g/mol. The van der Waals surface area contributed by atoms with Crippen molar-refractivity contribution in [2.24, 2.45) is 23.7 Å². The molecule has 2 fully saturated rings. The number of aliphatic carboxylic acids is 1. The smallest absolute Gasteiger partial charge is 0.327 e. The van der Waals surface area contributed by atoms with Crippen LogP contribution in [0, 0.1) is 35.5 Å². The normalized spacial score (nSPS) is 27.1. The molecule has 2 rings (SSSR count). The number of carbonyl (C=O) groups is 2. The first-order chi connectivity index (χ1) is 13.4. The third-order valence-electron chi connectivity index (χ3n) is 5.55. The Morgan fingerprint density at radius 2 is 2.07 bits per heavy atom. The highest BCUT2D eigenvalue weighted by Crippen LogP contribution is 2.34. The summed E-state index contributed by atoms with van der Waals surface area (Å²) < 4.78 is 0. The van der Waals surface area contributed by atoms with Gasteiger partial charge in [0, 0.05) is 36.7 Å². The first-order valence-electron chi connectivity index (χ1n) is 10.3. The minimum atomic E-state index is -0.953. The van der Waals surface area contributed by atoms with Crippen molar-refractivity contribution in [2.45, 2.75) is 70.5 Å². The molecule has 3 N–H and O–H groups in total. The zero-order chi connectivity index (χ0) is 20.5. The largest absolute Gasteiger partial charge is 0.478 e. The minimum Gasteiger partial charge on any atom is -0.478 e. The molecule has 2 saturated carbocycles. The molecule has 0 amide bonds. The Hall–Kier alpha value is -1.90. The molecule has 0 spiro atoms. The predicted octanol–water partition coefficient (Wildman–Crippen LogP) is 3.11. The third kappa shape index (κ3) is 7.61. The molecule has 0 aromatic carbocycles. The average Bonchev–Trinajstić information content (AvgIpc) is 3.41. The number of allylic oxidation sites excluding steroid dienone is 1. The van der Waals surface area contributed by atoms with E-state index >= 15 is 0 Å². The van der Waals surface area contributed by atoms with Crippen molar-refractivity contribution in [3.63, 3.8) is 0 Å². The summed E-state index contributed by atoms with van der Waals surface area (Å²) in [5.41, 5.74) is 0. The Morgan fingerprint density at radius 1 is 1.32 bits per heavy atom. The Balaban J connectivity index is 1.81. The lowest BCUT2D eigenvalue weighted by Gasteiger charge is -2.19. The maximum Gasteiger partial charge on any atom is 0.327 e. The van der Waals surface area contributed by atoms with Gasteiger partial charge in [-0.2, -0.15) is 0 Å². The van der Waals surface area contributed by atoms with Gasteiger partial charge in [-0.15, -0.1) is 5.92 Å². The molecule has 5 atom stereocenters. The molecule has 0 bridgehead atoms. The lowest BCUT2D eigenvalue weighted by molar-refractivity contribution is -0.131. The summed E-state index contributed by atoms with van der Waals surface area (Å²) in [5, 5.41) is 29.1. The van der Waals surface area contributed by atoms with Gasteiger partial charge in [0.25, 0.3) is 0 Å². The van der Waals surface area contributed by atoms with Crippen molar-refractivity contribution in [1.29, 1.82) is 0 Å². The van der Waals surface area contributed by atoms with E-state index in [1.165, 1.54) is 12.8 Å². The molecular formula is C23H32O5. The first-order valence-corrected chi connectivity index (χ1v) is 10.3.